The number of nitrogen functional groups attached to an aromatic ring is 1. The SMILES string of the molecule is CC(C)CNc1nc(N)c(C(=O)NC2(C)CCCC2)s1. The zero-order valence-electron chi connectivity index (χ0n) is 12.5. The van der Waals surface area contributed by atoms with Crippen LogP contribution in [0.25, 0.3) is 0 Å². The number of amides is 1. The van der Waals surface area contributed by atoms with Crippen LogP contribution in [-0.2, 0) is 0 Å². The van der Waals surface area contributed by atoms with Crippen LogP contribution in [0.5, 0.6) is 0 Å². The van der Waals surface area contributed by atoms with Crippen LogP contribution in [0.1, 0.15) is 56.1 Å². The maximum absolute atomic E-state index is 12.3. The van der Waals surface area contributed by atoms with Crippen molar-refractivity contribution in [2.24, 2.45) is 5.92 Å². The normalized spacial score (nSPS) is 17.4. The minimum absolute atomic E-state index is 0.0843. The summed E-state index contributed by atoms with van der Waals surface area (Å²) < 4.78 is 0. The fraction of sp³-hybridized carbons (Fsp3) is 0.714. The molecule has 0 unspecified atom stereocenters. The van der Waals surface area contributed by atoms with E-state index in [1.165, 1.54) is 24.2 Å². The molecule has 1 fully saturated rings. The lowest BCUT2D eigenvalue weighted by Gasteiger charge is -2.24. The van der Waals surface area contributed by atoms with Crippen molar-refractivity contribution < 1.29 is 4.79 Å². The average molecular weight is 296 g/mol. The second kappa shape index (κ2) is 5.99. The van der Waals surface area contributed by atoms with Gasteiger partial charge in [0.05, 0.1) is 0 Å². The minimum atomic E-state index is -0.0954. The van der Waals surface area contributed by atoms with E-state index in [0.29, 0.717) is 16.6 Å². The number of carbonyl (C=O) groups is 1. The van der Waals surface area contributed by atoms with Gasteiger partial charge in [-0.15, -0.1) is 0 Å². The van der Waals surface area contributed by atoms with Gasteiger partial charge in [-0.1, -0.05) is 38.0 Å². The molecule has 1 aliphatic rings. The second-order valence-electron chi connectivity index (χ2n) is 6.23. The number of nitrogens with zero attached hydrogens (tertiary/aromatic N) is 1. The number of thiazole rings is 1. The summed E-state index contributed by atoms with van der Waals surface area (Å²) in [4.78, 5) is 17.1. The molecule has 6 heteroatoms. The molecule has 4 N–H and O–H groups in total. The van der Waals surface area contributed by atoms with Gasteiger partial charge in [-0.3, -0.25) is 4.79 Å². The number of hydrogen-bond donors (Lipinski definition) is 3. The maximum atomic E-state index is 12.3. The van der Waals surface area contributed by atoms with E-state index in [0.717, 1.165) is 24.5 Å². The zero-order valence-corrected chi connectivity index (χ0v) is 13.3. The summed E-state index contributed by atoms with van der Waals surface area (Å²) in [7, 11) is 0. The lowest BCUT2D eigenvalue weighted by atomic mass is 10.0. The van der Waals surface area contributed by atoms with Crippen molar-refractivity contribution in [2.75, 3.05) is 17.6 Å². The Morgan fingerprint density at radius 1 is 1.45 bits per heavy atom. The van der Waals surface area contributed by atoms with Crippen LogP contribution in [-0.4, -0.2) is 23.0 Å². The van der Waals surface area contributed by atoms with E-state index in [1.807, 2.05) is 0 Å². The molecule has 5 nitrogen and oxygen atoms in total. The number of hydrogen-bond acceptors (Lipinski definition) is 5. The molecule has 1 aromatic rings. The van der Waals surface area contributed by atoms with E-state index in [9.17, 15) is 4.79 Å². The number of rotatable bonds is 5. The van der Waals surface area contributed by atoms with Gasteiger partial charge in [0.2, 0.25) is 0 Å². The maximum Gasteiger partial charge on any atom is 0.265 e. The summed E-state index contributed by atoms with van der Waals surface area (Å²) in [6.45, 7) is 7.18. The highest BCUT2D eigenvalue weighted by atomic mass is 32.1. The van der Waals surface area contributed by atoms with Gasteiger partial charge in [0, 0.05) is 12.1 Å². The van der Waals surface area contributed by atoms with Crippen molar-refractivity contribution in [1.82, 2.24) is 10.3 Å². The molecule has 2 rings (SSSR count). The smallest absolute Gasteiger partial charge is 0.265 e. The largest absolute Gasteiger partial charge is 0.382 e. The molecule has 112 valence electrons. The summed E-state index contributed by atoms with van der Waals surface area (Å²) in [6.07, 6.45) is 4.43. The van der Waals surface area contributed by atoms with Crippen LogP contribution >= 0.6 is 11.3 Å². The molecular formula is C14H24N4OS. The first kappa shape index (κ1) is 15.1. The molecule has 0 saturated heterocycles. The fourth-order valence-corrected chi connectivity index (χ4v) is 3.26. The van der Waals surface area contributed by atoms with Crippen LogP contribution in [0.4, 0.5) is 10.9 Å². The van der Waals surface area contributed by atoms with Crippen LogP contribution in [0.15, 0.2) is 0 Å². The molecule has 1 heterocycles. The topological polar surface area (TPSA) is 80.0 Å². The fourth-order valence-electron chi connectivity index (χ4n) is 2.47. The van der Waals surface area contributed by atoms with E-state index >= 15 is 0 Å². The highest BCUT2D eigenvalue weighted by Crippen LogP contribution is 2.31. The molecule has 20 heavy (non-hydrogen) atoms. The quantitative estimate of drug-likeness (QED) is 0.780. The van der Waals surface area contributed by atoms with Crippen molar-refractivity contribution in [3.05, 3.63) is 4.88 Å². The zero-order chi connectivity index (χ0) is 14.8. The Bertz CT molecular complexity index is 478. The van der Waals surface area contributed by atoms with Gasteiger partial charge in [-0.25, -0.2) is 4.98 Å². The summed E-state index contributed by atoms with van der Waals surface area (Å²) >= 11 is 1.33. The van der Waals surface area contributed by atoms with Gasteiger partial charge >= 0.3 is 0 Å². The lowest BCUT2D eigenvalue weighted by Crippen LogP contribution is -2.43. The van der Waals surface area contributed by atoms with Gasteiger partial charge in [-0.2, -0.15) is 0 Å². The molecule has 1 saturated carbocycles. The third kappa shape index (κ3) is 3.62. The molecule has 0 aliphatic heterocycles. The number of nitrogens with two attached hydrogens (primary N) is 1. The summed E-state index contributed by atoms with van der Waals surface area (Å²) in [5.41, 5.74) is 5.78. The molecule has 0 aromatic carbocycles. The molecular weight excluding hydrogens is 272 g/mol. The van der Waals surface area contributed by atoms with E-state index in [4.69, 9.17) is 5.73 Å². The first-order valence-electron chi connectivity index (χ1n) is 7.22. The minimum Gasteiger partial charge on any atom is -0.382 e. The van der Waals surface area contributed by atoms with Crippen molar-refractivity contribution >= 4 is 28.2 Å². The highest BCUT2D eigenvalue weighted by molar-refractivity contribution is 7.18. The number of carbonyl (C=O) groups excluding carboxylic acids is 1. The number of nitrogens with one attached hydrogen (secondary N) is 2. The molecule has 0 spiro atoms. The van der Waals surface area contributed by atoms with Crippen LogP contribution < -0.4 is 16.4 Å². The predicted octanol–water partition coefficient (Wildman–Crippen LogP) is 2.86. The van der Waals surface area contributed by atoms with Crippen molar-refractivity contribution in [2.45, 2.75) is 52.0 Å². The van der Waals surface area contributed by atoms with Crippen LogP contribution in [0.3, 0.4) is 0 Å². The summed E-state index contributed by atoms with van der Waals surface area (Å²) in [6, 6.07) is 0. The molecule has 1 aromatic heterocycles. The predicted molar refractivity (Wildman–Crippen MR) is 84.2 cm³/mol. The summed E-state index contributed by atoms with van der Waals surface area (Å²) in [5, 5.41) is 7.05. The van der Waals surface area contributed by atoms with Crippen molar-refractivity contribution in [3.63, 3.8) is 0 Å². The first-order chi connectivity index (χ1) is 9.39. The number of anilines is 2. The van der Waals surface area contributed by atoms with Crippen LogP contribution in [0, 0.1) is 5.92 Å². The third-order valence-electron chi connectivity index (χ3n) is 3.64. The third-order valence-corrected chi connectivity index (χ3v) is 4.67. The van der Waals surface area contributed by atoms with Gasteiger partial charge in [0.25, 0.3) is 5.91 Å². The summed E-state index contributed by atoms with van der Waals surface area (Å²) in [5.74, 6) is 0.747. The monoisotopic (exact) mass is 296 g/mol. The Morgan fingerprint density at radius 2 is 2.10 bits per heavy atom. The van der Waals surface area contributed by atoms with E-state index in [1.54, 1.807) is 0 Å². The Morgan fingerprint density at radius 3 is 2.70 bits per heavy atom. The Labute approximate surface area is 124 Å². The van der Waals surface area contributed by atoms with Crippen molar-refractivity contribution in [1.29, 1.82) is 0 Å². The van der Waals surface area contributed by atoms with E-state index in [-0.39, 0.29) is 11.4 Å². The van der Waals surface area contributed by atoms with Gasteiger partial charge in [-0.05, 0) is 25.7 Å². The van der Waals surface area contributed by atoms with E-state index in [2.05, 4.69) is 36.4 Å². The van der Waals surface area contributed by atoms with Crippen molar-refractivity contribution in [3.8, 4) is 0 Å². The molecule has 0 radical (unpaired) electrons. The molecule has 1 amide bonds. The average Bonchev–Trinajstić information content (AvgIpc) is 2.93. The highest BCUT2D eigenvalue weighted by Gasteiger charge is 2.31. The Kier molecular flexibility index (Phi) is 4.52. The Hall–Kier alpha value is -1.30. The van der Waals surface area contributed by atoms with Gasteiger partial charge < -0.3 is 16.4 Å². The molecule has 0 atom stereocenters. The standard InChI is InChI=1S/C14H24N4OS/c1-9(2)8-16-13-17-11(15)10(20-13)12(19)18-14(3)6-4-5-7-14/h9H,4-8,15H2,1-3H3,(H,16,17)(H,18,19). The first-order valence-corrected chi connectivity index (χ1v) is 8.04. The number of aromatic nitrogens is 1. The van der Waals surface area contributed by atoms with Gasteiger partial charge in [0.1, 0.15) is 10.7 Å². The van der Waals surface area contributed by atoms with Gasteiger partial charge in [0.15, 0.2) is 5.13 Å². The Balaban J connectivity index is 2.02. The van der Waals surface area contributed by atoms with E-state index < -0.39 is 0 Å². The van der Waals surface area contributed by atoms with Crippen LogP contribution in [0.2, 0.25) is 0 Å². The molecule has 0 bridgehead atoms. The molecule has 1 aliphatic carbocycles. The lowest BCUT2D eigenvalue weighted by molar-refractivity contribution is 0.0913. The second-order valence-corrected chi connectivity index (χ2v) is 7.23.